The highest BCUT2D eigenvalue weighted by Gasteiger charge is 2.20. The number of hydrogen-bond donors (Lipinski definition) is 1. The lowest BCUT2D eigenvalue weighted by atomic mass is 10.1. The van der Waals surface area contributed by atoms with Crippen molar-refractivity contribution in [3.8, 4) is 17.4 Å². The minimum Gasteiger partial charge on any atom is -0.494 e. The van der Waals surface area contributed by atoms with Gasteiger partial charge in [-0.3, -0.25) is 24.2 Å². The first-order valence-electron chi connectivity index (χ1n) is 33.8. The van der Waals surface area contributed by atoms with Gasteiger partial charge in [0.05, 0.1) is 24.2 Å². The first-order valence-corrected chi connectivity index (χ1v) is 35.9. The number of ether oxygens (including phenoxy) is 3. The molecule has 6 heterocycles. The predicted octanol–water partition coefficient (Wildman–Crippen LogP) is 18.7. The van der Waals surface area contributed by atoms with E-state index in [1.807, 2.05) is 71.2 Å². The second-order valence-corrected chi connectivity index (χ2v) is 26.4. The van der Waals surface area contributed by atoms with Crippen LogP contribution in [0.5, 0.6) is 17.4 Å². The lowest BCUT2D eigenvalue weighted by molar-refractivity contribution is -0.134. The number of halogens is 1. The van der Waals surface area contributed by atoms with Gasteiger partial charge in [0.1, 0.15) is 11.5 Å². The highest BCUT2D eigenvalue weighted by Crippen LogP contribution is 2.33. The van der Waals surface area contributed by atoms with E-state index < -0.39 is 0 Å². The molecule has 8 aromatic rings. The standard InChI is InChI=1S/C37H49N3O3S.C25H27N3O2S.C12H23ClO/c1-2-3-4-5-6-7-8-9-10-16-37(41)43-36-20-18-30-17-19-31(29-33(30)38-36)42-27-12-11-22-39-23-25-40(26-24-39)34-14-13-15-35-32(34)21-28-44-35;29-25-9-7-19-6-8-20(18-22(19)26-25)30-16-2-1-11-27-12-14-28(15-13-27)23-4-3-5-24-21(23)10-17-31-24;1-2-3-4-5-6-7-8-9-10-11-12(13)14/h13-15,17-21,28-29H,2-12,16,22-27H2,1H3;3-10,17-18H,1-2,11-16H2,(H,26,29);2-11H2,1H3. The van der Waals surface area contributed by atoms with Gasteiger partial charge in [-0.25, -0.2) is 4.98 Å². The summed E-state index contributed by atoms with van der Waals surface area (Å²) in [5, 5.41) is 8.98. The number of carbonyl (C=O) groups excluding carboxylic acids is 2. The number of unbranched alkanes of at least 4 members (excludes halogenated alkanes) is 18. The van der Waals surface area contributed by atoms with Crippen molar-refractivity contribution in [2.45, 2.75) is 168 Å². The van der Waals surface area contributed by atoms with Crippen molar-refractivity contribution in [2.24, 2.45) is 0 Å². The third kappa shape index (κ3) is 23.9. The van der Waals surface area contributed by atoms with Gasteiger partial charge in [-0.05, 0) is 152 Å². The van der Waals surface area contributed by atoms with Crippen molar-refractivity contribution < 1.29 is 23.8 Å². The number of carbonyl (C=O) groups is 2. The molecule has 0 atom stereocenters. The summed E-state index contributed by atoms with van der Waals surface area (Å²) in [6.45, 7) is 16.8. The molecule has 0 radical (unpaired) electrons. The maximum atomic E-state index is 12.4. The first kappa shape index (κ1) is 68.9. The molecule has 0 spiro atoms. The molecule has 89 heavy (non-hydrogen) atoms. The van der Waals surface area contributed by atoms with E-state index in [0.29, 0.717) is 31.9 Å². The quantitative estimate of drug-likeness (QED) is 0.0232. The topological polar surface area (TPSA) is 121 Å². The second-order valence-electron chi connectivity index (χ2n) is 24.0. The minimum absolute atomic E-state index is 0.0863. The summed E-state index contributed by atoms with van der Waals surface area (Å²) in [6.07, 6.45) is 27.8. The molecule has 15 heteroatoms. The van der Waals surface area contributed by atoms with Crippen LogP contribution in [0.1, 0.15) is 168 Å². The van der Waals surface area contributed by atoms with Crippen LogP contribution in [-0.4, -0.2) is 110 Å². The zero-order chi connectivity index (χ0) is 62.1. The molecule has 2 saturated heterocycles. The number of rotatable bonds is 35. The van der Waals surface area contributed by atoms with Gasteiger partial charge in [0, 0.05) is 126 Å². The average Bonchev–Trinajstić information content (AvgIpc) is 2.79. The van der Waals surface area contributed by atoms with Gasteiger partial charge >= 0.3 is 5.97 Å². The van der Waals surface area contributed by atoms with Crippen LogP contribution < -0.4 is 29.6 Å². The van der Waals surface area contributed by atoms with Gasteiger partial charge in [0.2, 0.25) is 16.7 Å². The summed E-state index contributed by atoms with van der Waals surface area (Å²) in [7, 11) is 0. The number of H-pyrrole nitrogens is 1. The van der Waals surface area contributed by atoms with Crippen LogP contribution in [0.2, 0.25) is 0 Å². The SMILES string of the molecule is CCCCCCCCCCCC(=O)Cl.CCCCCCCCCCCC(=O)Oc1ccc2ccc(OCCCCN3CCN(c4cccc5sccc45)CC3)cc2n1.O=c1ccc2ccc(OCCCCN3CCN(c4cccc5sccc45)CC3)cc2[nH]1. The molecule has 0 bridgehead atoms. The molecule has 480 valence electrons. The average molecular weight is 1270 g/mol. The Bertz CT molecular complexity index is 3390. The summed E-state index contributed by atoms with van der Waals surface area (Å²) in [5.41, 5.74) is 4.27. The second kappa shape index (κ2) is 39.3. The lowest BCUT2D eigenvalue weighted by Crippen LogP contribution is -2.46. The van der Waals surface area contributed by atoms with Gasteiger partial charge in [-0.15, -0.1) is 22.7 Å². The molecule has 0 saturated carbocycles. The first-order chi connectivity index (χ1) is 43.7. The number of nitrogens with one attached hydrogen (secondary N) is 1. The van der Waals surface area contributed by atoms with Crippen LogP contribution in [0.15, 0.2) is 125 Å². The van der Waals surface area contributed by atoms with Gasteiger partial charge in [0.15, 0.2) is 0 Å². The Morgan fingerprint density at radius 1 is 0.506 bits per heavy atom. The molecule has 0 unspecified atom stereocenters. The zero-order valence-electron chi connectivity index (χ0n) is 53.4. The smallest absolute Gasteiger partial charge is 0.312 e. The Hall–Kier alpha value is -6.03. The summed E-state index contributed by atoms with van der Waals surface area (Å²) < 4.78 is 20.3. The van der Waals surface area contributed by atoms with E-state index in [1.165, 1.54) is 121 Å². The van der Waals surface area contributed by atoms with Gasteiger partial charge in [0.25, 0.3) is 0 Å². The molecular formula is C74H99ClN6O6S2. The maximum absolute atomic E-state index is 12.4. The monoisotopic (exact) mass is 1270 g/mol. The molecule has 0 aliphatic carbocycles. The molecule has 2 fully saturated rings. The Labute approximate surface area is 543 Å². The molecule has 12 nitrogen and oxygen atoms in total. The van der Waals surface area contributed by atoms with Crippen LogP contribution in [0.3, 0.4) is 0 Å². The van der Waals surface area contributed by atoms with Gasteiger partial charge < -0.3 is 29.0 Å². The fourth-order valence-electron chi connectivity index (χ4n) is 12.0. The fourth-order valence-corrected chi connectivity index (χ4v) is 13.7. The molecule has 1 N–H and O–H groups in total. The summed E-state index contributed by atoms with van der Waals surface area (Å²) in [4.78, 5) is 51.9. The van der Waals surface area contributed by atoms with E-state index in [0.717, 1.165) is 150 Å². The van der Waals surface area contributed by atoms with Crippen molar-refractivity contribution >= 4 is 98.8 Å². The maximum Gasteiger partial charge on any atom is 0.312 e. The van der Waals surface area contributed by atoms with E-state index in [-0.39, 0.29) is 16.8 Å². The predicted molar refractivity (Wildman–Crippen MR) is 377 cm³/mol. The number of pyridine rings is 2. The lowest BCUT2D eigenvalue weighted by Gasteiger charge is -2.36. The number of hydrogen-bond acceptors (Lipinski definition) is 13. The highest BCUT2D eigenvalue weighted by molar-refractivity contribution is 7.17. The summed E-state index contributed by atoms with van der Waals surface area (Å²) >= 11 is 8.87. The van der Waals surface area contributed by atoms with Crippen LogP contribution in [0, 0.1) is 0 Å². The molecule has 2 aliphatic rings. The normalized spacial score (nSPS) is 13.8. The summed E-state index contributed by atoms with van der Waals surface area (Å²) in [5.74, 6) is 1.78. The number of nitrogens with zero attached hydrogens (tertiary/aromatic N) is 5. The number of aromatic nitrogens is 2. The van der Waals surface area contributed by atoms with Crippen LogP contribution >= 0.6 is 34.3 Å². The van der Waals surface area contributed by atoms with Crippen molar-refractivity contribution in [2.75, 3.05) is 88.5 Å². The van der Waals surface area contributed by atoms with Crippen molar-refractivity contribution in [1.82, 2.24) is 19.8 Å². The minimum atomic E-state index is -0.201. The fraction of sp³-hybridized carbons (Fsp3) is 0.514. The molecular weight excluding hydrogens is 1170 g/mol. The molecule has 2 aliphatic heterocycles. The van der Waals surface area contributed by atoms with Crippen LogP contribution in [0.25, 0.3) is 42.0 Å². The number of esters is 1. The largest absolute Gasteiger partial charge is 0.494 e. The van der Waals surface area contributed by atoms with E-state index in [9.17, 15) is 14.4 Å². The molecule has 0 amide bonds. The number of aromatic amines is 1. The van der Waals surface area contributed by atoms with Gasteiger partial charge in [-0.2, -0.15) is 0 Å². The van der Waals surface area contributed by atoms with E-state index in [2.05, 4.69) is 103 Å². The van der Waals surface area contributed by atoms with Crippen LogP contribution in [-0.2, 0) is 9.59 Å². The van der Waals surface area contributed by atoms with Gasteiger partial charge in [-0.1, -0.05) is 129 Å². The van der Waals surface area contributed by atoms with Crippen LogP contribution in [0.4, 0.5) is 11.4 Å². The highest BCUT2D eigenvalue weighted by atomic mass is 35.5. The Kier molecular flexibility index (Phi) is 30.4. The van der Waals surface area contributed by atoms with Crippen molar-refractivity contribution in [3.63, 3.8) is 0 Å². The number of benzene rings is 4. The number of anilines is 2. The zero-order valence-corrected chi connectivity index (χ0v) is 55.8. The van der Waals surface area contributed by atoms with E-state index >= 15 is 0 Å². The number of fused-ring (bicyclic) bond motifs is 4. The molecule has 10 rings (SSSR count). The Balaban J connectivity index is 0.000000197. The summed E-state index contributed by atoms with van der Waals surface area (Å²) in [6, 6.07) is 36.7. The van der Waals surface area contributed by atoms with E-state index in [4.69, 9.17) is 25.8 Å². The third-order valence-corrected chi connectivity index (χ3v) is 19.1. The van der Waals surface area contributed by atoms with E-state index in [1.54, 1.807) is 12.1 Å². The molecule has 4 aromatic heterocycles. The van der Waals surface area contributed by atoms with Crippen molar-refractivity contribution in [3.05, 3.63) is 130 Å². The Morgan fingerprint density at radius 2 is 0.978 bits per heavy atom. The number of piperazine rings is 2. The number of thiophene rings is 2. The van der Waals surface area contributed by atoms with Crippen molar-refractivity contribution in [1.29, 1.82) is 0 Å². The Morgan fingerprint density at radius 3 is 1.51 bits per heavy atom. The third-order valence-electron chi connectivity index (χ3n) is 17.2. The molecule has 4 aromatic carbocycles.